The van der Waals surface area contributed by atoms with Crippen molar-refractivity contribution in [2.24, 2.45) is 0 Å². The Morgan fingerprint density at radius 1 is 1.24 bits per heavy atom. The van der Waals surface area contributed by atoms with Gasteiger partial charge in [0.05, 0.1) is 11.6 Å². The van der Waals surface area contributed by atoms with Crippen LogP contribution in [0.1, 0.15) is 11.1 Å². The molecule has 114 valence electrons. The van der Waals surface area contributed by atoms with E-state index < -0.39 is 10.0 Å². The first-order chi connectivity index (χ1) is 9.94. The Bertz CT molecular complexity index is 715. The molecule has 0 aliphatic rings. The van der Waals surface area contributed by atoms with Crippen LogP contribution in [0.25, 0.3) is 0 Å². The van der Waals surface area contributed by atoms with Crippen LogP contribution in [0.2, 0.25) is 10.0 Å². The van der Waals surface area contributed by atoms with E-state index in [0.717, 1.165) is 5.56 Å². The quantitative estimate of drug-likeness (QED) is 0.826. The van der Waals surface area contributed by atoms with Gasteiger partial charge in [0.15, 0.2) is 0 Å². The molecule has 1 aromatic heterocycles. The number of aliphatic hydroxyl groups is 1. The van der Waals surface area contributed by atoms with Crippen molar-refractivity contribution >= 4 is 44.6 Å². The Hall–Kier alpha value is -0.630. The zero-order valence-corrected chi connectivity index (χ0v) is 14.0. The Morgan fingerprint density at radius 3 is 2.62 bits per heavy atom. The van der Waals surface area contributed by atoms with Gasteiger partial charge in [0.1, 0.15) is 4.90 Å². The molecule has 0 fully saturated rings. The summed E-state index contributed by atoms with van der Waals surface area (Å²) >= 11 is 13.4. The molecule has 4 nitrogen and oxygen atoms in total. The lowest BCUT2D eigenvalue weighted by molar-refractivity contribution is 0.281. The van der Waals surface area contributed by atoms with Crippen LogP contribution in [0.3, 0.4) is 0 Å². The molecule has 0 aliphatic carbocycles. The van der Waals surface area contributed by atoms with Gasteiger partial charge < -0.3 is 5.11 Å². The van der Waals surface area contributed by atoms with Crippen LogP contribution in [0.15, 0.2) is 33.9 Å². The number of hydrogen-bond donors (Lipinski definition) is 2. The molecule has 0 amide bonds. The fourth-order valence-electron chi connectivity index (χ4n) is 1.74. The highest BCUT2D eigenvalue weighted by molar-refractivity contribution is 7.89. The van der Waals surface area contributed by atoms with Crippen LogP contribution in [0, 0.1) is 0 Å². The second kappa shape index (κ2) is 7.09. The normalized spacial score (nSPS) is 11.8. The number of aliphatic hydroxyl groups excluding tert-OH is 1. The van der Waals surface area contributed by atoms with Gasteiger partial charge in [-0.25, -0.2) is 13.1 Å². The molecule has 0 radical (unpaired) electrons. The van der Waals surface area contributed by atoms with Gasteiger partial charge in [0, 0.05) is 11.6 Å². The molecular formula is C13H13Cl2NO3S2. The van der Waals surface area contributed by atoms with Crippen LogP contribution in [0.5, 0.6) is 0 Å². The third-order valence-electron chi connectivity index (χ3n) is 2.85. The van der Waals surface area contributed by atoms with Gasteiger partial charge in [0.2, 0.25) is 10.0 Å². The van der Waals surface area contributed by atoms with Crippen molar-refractivity contribution < 1.29 is 13.5 Å². The maximum absolute atomic E-state index is 12.2. The summed E-state index contributed by atoms with van der Waals surface area (Å²) in [5.41, 5.74) is 1.39. The molecule has 0 aliphatic heterocycles. The molecule has 2 N–H and O–H groups in total. The second-order valence-electron chi connectivity index (χ2n) is 4.31. The van der Waals surface area contributed by atoms with E-state index in [-0.39, 0.29) is 28.1 Å². The van der Waals surface area contributed by atoms with Crippen LogP contribution >= 0.6 is 34.5 Å². The van der Waals surface area contributed by atoms with Crippen LogP contribution in [-0.2, 0) is 23.1 Å². The summed E-state index contributed by atoms with van der Waals surface area (Å²) in [6.07, 6.45) is 0.598. The van der Waals surface area contributed by atoms with Gasteiger partial charge >= 0.3 is 0 Å². The summed E-state index contributed by atoms with van der Waals surface area (Å²) in [4.78, 5) is -0.0806. The van der Waals surface area contributed by atoms with Crippen molar-refractivity contribution in [1.29, 1.82) is 0 Å². The SMILES string of the molecule is O=S(=O)(NCCc1ccsc1)c1cc(CO)c(Cl)cc1Cl. The minimum Gasteiger partial charge on any atom is -0.392 e. The van der Waals surface area contributed by atoms with E-state index in [1.807, 2.05) is 16.8 Å². The van der Waals surface area contributed by atoms with E-state index in [1.54, 1.807) is 11.3 Å². The number of thiophene rings is 1. The average molecular weight is 366 g/mol. The fraction of sp³-hybridized carbons (Fsp3) is 0.231. The molecule has 0 bridgehead atoms. The molecule has 0 saturated heterocycles. The number of nitrogens with one attached hydrogen (secondary N) is 1. The smallest absolute Gasteiger partial charge is 0.242 e. The molecule has 1 heterocycles. The van der Waals surface area contributed by atoms with Crippen LogP contribution in [-0.4, -0.2) is 20.1 Å². The topological polar surface area (TPSA) is 66.4 Å². The highest BCUT2D eigenvalue weighted by atomic mass is 35.5. The molecule has 2 aromatic rings. The maximum atomic E-state index is 12.2. The summed E-state index contributed by atoms with van der Waals surface area (Å²) in [7, 11) is -3.74. The lowest BCUT2D eigenvalue weighted by atomic mass is 10.2. The monoisotopic (exact) mass is 365 g/mol. The van der Waals surface area contributed by atoms with E-state index in [0.29, 0.717) is 12.0 Å². The lowest BCUT2D eigenvalue weighted by Crippen LogP contribution is -2.26. The zero-order chi connectivity index (χ0) is 15.5. The van der Waals surface area contributed by atoms with E-state index in [9.17, 15) is 8.42 Å². The summed E-state index contributed by atoms with van der Waals surface area (Å²) < 4.78 is 27.0. The molecule has 0 atom stereocenters. The molecule has 21 heavy (non-hydrogen) atoms. The molecule has 0 unspecified atom stereocenters. The van der Waals surface area contributed by atoms with E-state index in [2.05, 4.69) is 4.72 Å². The predicted molar refractivity (Wildman–Crippen MR) is 85.6 cm³/mol. The molecule has 2 rings (SSSR count). The van der Waals surface area contributed by atoms with E-state index in [4.69, 9.17) is 28.3 Å². The standard InChI is InChI=1S/C13H13Cl2NO3S2/c14-11-6-12(15)13(5-10(11)7-17)21(18,19)16-3-1-9-2-4-20-8-9/h2,4-6,8,16-17H,1,3,7H2. The van der Waals surface area contributed by atoms with E-state index >= 15 is 0 Å². The number of hydrogen-bond acceptors (Lipinski definition) is 4. The molecule has 8 heteroatoms. The maximum Gasteiger partial charge on any atom is 0.242 e. The summed E-state index contributed by atoms with van der Waals surface area (Å²) in [5.74, 6) is 0. The first-order valence-corrected chi connectivity index (χ1v) is 9.22. The van der Waals surface area contributed by atoms with Gasteiger partial charge in [-0.05, 0) is 46.5 Å². The van der Waals surface area contributed by atoms with Crippen LogP contribution < -0.4 is 4.72 Å². The van der Waals surface area contributed by atoms with Crippen molar-refractivity contribution in [2.75, 3.05) is 6.54 Å². The summed E-state index contributed by atoms with van der Waals surface area (Å²) in [6, 6.07) is 4.55. The largest absolute Gasteiger partial charge is 0.392 e. The number of rotatable bonds is 6. The van der Waals surface area contributed by atoms with Gasteiger partial charge in [-0.1, -0.05) is 23.2 Å². The Balaban J connectivity index is 2.15. The van der Waals surface area contributed by atoms with E-state index in [1.165, 1.54) is 12.1 Å². The molecule has 0 spiro atoms. The van der Waals surface area contributed by atoms with Crippen LogP contribution in [0.4, 0.5) is 0 Å². The zero-order valence-electron chi connectivity index (χ0n) is 10.8. The number of benzene rings is 1. The van der Waals surface area contributed by atoms with Crippen molar-refractivity contribution in [2.45, 2.75) is 17.9 Å². The summed E-state index contributed by atoms with van der Waals surface area (Å²) in [5, 5.41) is 13.3. The highest BCUT2D eigenvalue weighted by Gasteiger charge is 2.19. The van der Waals surface area contributed by atoms with Gasteiger partial charge in [0.25, 0.3) is 0 Å². The first kappa shape index (κ1) is 16.7. The second-order valence-corrected chi connectivity index (χ2v) is 7.64. The lowest BCUT2D eigenvalue weighted by Gasteiger charge is -2.10. The molecular weight excluding hydrogens is 353 g/mol. The summed E-state index contributed by atoms with van der Waals surface area (Å²) in [6.45, 7) is -0.0834. The van der Waals surface area contributed by atoms with Gasteiger partial charge in [-0.15, -0.1) is 0 Å². The van der Waals surface area contributed by atoms with Gasteiger partial charge in [-0.3, -0.25) is 0 Å². The Labute approximate surface area is 137 Å². The minimum absolute atomic E-state index is 0.0280. The number of sulfonamides is 1. The third-order valence-corrected chi connectivity index (χ3v) is 5.86. The Morgan fingerprint density at radius 2 is 2.00 bits per heavy atom. The minimum atomic E-state index is -3.74. The Kier molecular flexibility index (Phi) is 5.65. The van der Waals surface area contributed by atoms with Crippen molar-refractivity contribution in [1.82, 2.24) is 4.72 Å². The highest BCUT2D eigenvalue weighted by Crippen LogP contribution is 2.28. The van der Waals surface area contributed by atoms with Gasteiger partial charge in [-0.2, -0.15) is 11.3 Å². The third kappa shape index (κ3) is 4.18. The molecule has 1 aromatic carbocycles. The fourth-order valence-corrected chi connectivity index (χ4v) is 4.33. The molecule has 0 saturated carbocycles. The average Bonchev–Trinajstić information content (AvgIpc) is 2.91. The first-order valence-electron chi connectivity index (χ1n) is 6.03. The van der Waals surface area contributed by atoms with Crippen molar-refractivity contribution in [3.8, 4) is 0 Å². The van der Waals surface area contributed by atoms with Crippen molar-refractivity contribution in [3.63, 3.8) is 0 Å². The number of halogens is 2. The predicted octanol–water partition coefficient (Wildman–Crippen LogP) is 3.07. The van der Waals surface area contributed by atoms with Crippen molar-refractivity contribution in [3.05, 3.63) is 50.1 Å².